The summed E-state index contributed by atoms with van der Waals surface area (Å²) in [6.45, 7) is 3.09. The summed E-state index contributed by atoms with van der Waals surface area (Å²) in [7, 11) is 1.92. The van der Waals surface area contributed by atoms with Crippen LogP contribution in [-0.2, 0) is 19.6 Å². The van der Waals surface area contributed by atoms with Gasteiger partial charge < -0.3 is 14.6 Å². The molecule has 1 N–H and O–H groups in total. The Bertz CT molecular complexity index is 542. The monoisotopic (exact) mass is 325 g/mol. The number of nitrogens with zero attached hydrogens (tertiary/aromatic N) is 2. The Balaban J connectivity index is 1.99. The van der Waals surface area contributed by atoms with Crippen molar-refractivity contribution in [3.8, 4) is 5.75 Å². The van der Waals surface area contributed by atoms with E-state index in [1.54, 1.807) is 0 Å². The van der Waals surface area contributed by atoms with Crippen LogP contribution in [0.3, 0.4) is 0 Å². The van der Waals surface area contributed by atoms with Crippen LogP contribution >= 0.6 is 15.9 Å². The molecule has 0 fully saturated rings. The van der Waals surface area contributed by atoms with Crippen molar-refractivity contribution in [3.63, 3.8) is 0 Å². The molecule has 2 aromatic rings. The zero-order valence-corrected chi connectivity index (χ0v) is 12.5. The van der Waals surface area contributed by atoms with Crippen LogP contribution in [0.4, 0.5) is 0 Å². The minimum Gasteiger partial charge on any atom is -0.484 e. The van der Waals surface area contributed by atoms with Crippen molar-refractivity contribution >= 4 is 15.9 Å². The third-order valence-corrected chi connectivity index (χ3v) is 3.17. The molecule has 1 aromatic heterocycles. The van der Waals surface area contributed by atoms with E-state index in [4.69, 9.17) is 9.26 Å². The fourth-order valence-corrected chi connectivity index (χ4v) is 2.15. The van der Waals surface area contributed by atoms with Crippen LogP contribution in [-0.4, -0.2) is 17.2 Å². The first-order valence-corrected chi connectivity index (χ1v) is 6.89. The highest BCUT2D eigenvalue weighted by molar-refractivity contribution is 9.10. The predicted molar refractivity (Wildman–Crippen MR) is 74.9 cm³/mol. The average Bonchev–Trinajstić information content (AvgIpc) is 2.86. The van der Waals surface area contributed by atoms with Gasteiger partial charge >= 0.3 is 0 Å². The van der Waals surface area contributed by atoms with E-state index in [-0.39, 0.29) is 0 Å². The third-order valence-electron chi connectivity index (χ3n) is 2.55. The van der Waals surface area contributed by atoms with Gasteiger partial charge in [0.1, 0.15) is 5.75 Å². The molecular formula is C13H16BrN3O2. The van der Waals surface area contributed by atoms with Gasteiger partial charge in [-0.2, -0.15) is 4.98 Å². The van der Waals surface area contributed by atoms with Crippen LogP contribution in [0.5, 0.6) is 5.75 Å². The number of hydrogen-bond donors (Lipinski definition) is 1. The van der Waals surface area contributed by atoms with E-state index in [2.05, 4.69) is 31.4 Å². The first-order valence-electron chi connectivity index (χ1n) is 6.10. The summed E-state index contributed by atoms with van der Waals surface area (Å²) in [6.07, 6.45) is 0.732. The van der Waals surface area contributed by atoms with Crippen LogP contribution in [0, 0.1) is 0 Å². The molecule has 0 saturated heterocycles. The van der Waals surface area contributed by atoms with Gasteiger partial charge in [-0.3, -0.25) is 0 Å². The highest BCUT2D eigenvalue weighted by atomic mass is 79.9. The van der Waals surface area contributed by atoms with Crippen LogP contribution in [0.25, 0.3) is 0 Å². The summed E-state index contributed by atoms with van der Waals surface area (Å²) in [6, 6.07) is 5.97. The fourth-order valence-electron chi connectivity index (χ4n) is 1.61. The SMILES string of the molecule is CCc1nc(COc2ccc(CNC)cc2Br)no1. The molecule has 0 radical (unpaired) electrons. The number of aromatic nitrogens is 2. The van der Waals surface area contributed by atoms with Gasteiger partial charge in [0.05, 0.1) is 4.47 Å². The lowest BCUT2D eigenvalue weighted by molar-refractivity contribution is 0.283. The van der Waals surface area contributed by atoms with Gasteiger partial charge in [-0.05, 0) is 40.7 Å². The van der Waals surface area contributed by atoms with Crippen LogP contribution in [0.2, 0.25) is 0 Å². The Kier molecular flexibility index (Phi) is 4.93. The zero-order chi connectivity index (χ0) is 13.7. The van der Waals surface area contributed by atoms with Crippen LogP contribution in [0.15, 0.2) is 27.2 Å². The molecule has 19 heavy (non-hydrogen) atoms. The zero-order valence-electron chi connectivity index (χ0n) is 10.9. The normalized spacial score (nSPS) is 10.7. The fraction of sp³-hybridized carbons (Fsp3) is 0.385. The van der Waals surface area contributed by atoms with Gasteiger partial charge in [-0.15, -0.1) is 0 Å². The Morgan fingerprint density at radius 2 is 2.26 bits per heavy atom. The number of rotatable bonds is 6. The summed E-state index contributed by atoms with van der Waals surface area (Å²) < 4.78 is 11.6. The Hall–Kier alpha value is -1.40. The van der Waals surface area contributed by atoms with Gasteiger partial charge in [0.15, 0.2) is 6.61 Å². The summed E-state index contributed by atoms with van der Waals surface area (Å²) in [5.74, 6) is 1.95. The smallest absolute Gasteiger partial charge is 0.226 e. The highest BCUT2D eigenvalue weighted by Crippen LogP contribution is 2.26. The van der Waals surface area contributed by atoms with Crippen molar-refractivity contribution in [3.05, 3.63) is 40.0 Å². The van der Waals surface area contributed by atoms with E-state index in [0.717, 1.165) is 23.2 Å². The third kappa shape index (κ3) is 3.78. The van der Waals surface area contributed by atoms with E-state index in [1.165, 1.54) is 5.56 Å². The van der Waals surface area contributed by atoms with Crippen LogP contribution in [0.1, 0.15) is 24.2 Å². The average molecular weight is 326 g/mol. The van der Waals surface area contributed by atoms with Crippen molar-refractivity contribution in [2.45, 2.75) is 26.5 Å². The minimum absolute atomic E-state index is 0.299. The molecule has 0 amide bonds. The topological polar surface area (TPSA) is 60.2 Å². The quantitative estimate of drug-likeness (QED) is 0.884. The molecule has 0 aliphatic rings. The molecule has 1 heterocycles. The maximum absolute atomic E-state index is 5.66. The van der Waals surface area contributed by atoms with Gasteiger partial charge in [0.25, 0.3) is 0 Å². The van der Waals surface area contributed by atoms with E-state index < -0.39 is 0 Å². The maximum Gasteiger partial charge on any atom is 0.226 e. The van der Waals surface area contributed by atoms with E-state index in [9.17, 15) is 0 Å². The number of halogens is 1. The molecule has 0 aliphatic heterocycles. The van der Waals surface area contributed by atoms with Gasteiger partial charge in [0.2, 0.25) is 11.7 Å². The molecule has 6 heteroatoms. The standard InChI is InChI=1S/C13H16BrN3O2/c1-3-13-16-12(17-19-13)8-18-11-5-4-9(7-15-2)6-10(11)14/h4-6,15H,3,7-8H2,1-2H3. The second-order valence-corrected chi connectivity index (χ2v) is 4.90. The van der Waals surface area contributed by atoms with Crippen LogP contribution < -0.4 is 10.1 Å². The van der Waals surface area contributed by atoms with E-state index in [0.29, 0.717) is 18.3 Å². The second kappa shape index (κ2) is 6.68. The lowest BCUT2D eigenvalue weighted by Crippen LogP contribution is -2.05. The number of ether oxygens (including phenoxy) is 1. The highest BCUT2D eigenvalue weighted by Gasteiger charge is 2.07. The lowest BCUT2D eigenvalue weighted by atomic mass is 10.2. The van der Waals surface area contributed by atoms with Crippen molar-refractivity contribution in [2.75, 3.05) is 7.05 Å². The maximum atomic E-state index is 5.66. The molecule has 102 valence electrons. The molecule has 0 bridgehead atoms. The van der Waals surface area contributed by atoms with Gasteiger partial charge in [-0.1, -0.05) is 18.1 Å². The number of aryl methyl sites for hydroxylation is 1. The first-order chi connectivity index (χ1) is 9.22. The number of hydrogen-bond acceptors (Lipinski definition) is 5. The Labute approximate surface area is 120 Å². The number of nitrogens with one attached hydrogen (secondary N) is 1. The van der Waals surface area contributed by atoms with E-state index >= 15 is 0 Å². The molecule has 0 aliphatic carbocycles. The molecule has 0 atom stereocenters. The lowest BCUT2D eigenvalue weighted by Gasteiger charge is -2.08. The van der Waals surface area contributed by atoms with Crippen molar-refractivity contribution in [1.82, 2.24) is 15.5 Å². The molecule has 0 saturated carbocycles. The molecular weight excluding hydrogens is 310 g/mol. The molecule has 0 unspecified atom stereocenters. The summed E-state index contributed by atoms with van der Waals surface area (Å²) in [5.41, 5.74) is 1.19. The second-order valence-electron chi connectivity index (χ2n) is 4.04. The summed E-state index contributed by atoms with van der Waals surface area (Å²) >= 11 is 3.49. The van der Waals surface area contributed by atoms with Gasteiger partial charge in [0, 0.05) is 13.0 Å². The van der Waals surface area contributed by atoms with Crippen molar-refractivity contribution in [2.24, 2.45) is 0 Å². The molecule has 0 spiro atoms. The number of benzene rings is 1. The largest absolute Gasteiger partial charge is 0.484 e. The summed E-state index contributed by atoms with van der Waals surface area (Å²) in [5, 5.41) is 6.95. The minimum atomic E-state index is 0.299. The molecule has 2 rings (SSSR count). The van der Waals surface area contributed by atoms with Gasteiger partial charge in [-0.25, -0.2) is 0 Å². The van der Waals surface area contributed by atoms with Crippen molar-refractivity contribution < 1.29 is 9.26 Å². The predicted octanol–water partition coefficient (Wildman–Crippen LogP) is 2.69. The Morgan fingerprint density at radius 3 is 2.89 bits per heavy atom. The Morgan fingerprint density at radius 1 is 1.42 bits per heavy atom. The molecule has 5 nitrogen and oxygen atoms in total. The molecule has 1 aromatic carbocycles. The first kappa shape index (κ1) is 14.0. The summed E-state index contributed by atoms with van der Waals surface area (Å²) in [4.78, 5) is 4.19. The van der Waals surface area contributed by atoms with E-state index in [1.807, 2.05) is 32.2 Å². The van der Waals surface area contributed by atoms with Crippen molar-refractivity contribution in [1.29, 1.82) is 0 Å².